The maximum Gasteiger partial charge on any atom is 0.264 e. The lowest BCUT2D eigenvalue weighted by molar-refractivity contribution is -0.136. The molecule has 5 nitrogen and oxygen atoms in total. The second-order valence-corrected chi connectivity index (χ2v) is 7.65. The molecule has 6 heteroatoms. The smallest absolute Gasteiger partial charge is 0.264 e. The highest BCUT2D eigenvalue weighted by atomic mass is 35.5. The van der Waals surface area contributed by atoms with Crippen molar-refractivity contribution in [3.05, 3.63) is 94.3 Å². The van der Waals surface area contributed by atoms with Crippen LogP contribution in [0.5, 0.6) is 0 Å². The van der Waals surface area contributed by atoms with Crippen LogP contribution in [0.3, 0.4) is 0 Å². The number of hydrogen-bond acceptors (Lipinski definition) is 4. The predicted molar refractivity (Wildman–Crippen MR) is 111 cm³/mol. The Hall–Kier alpha value is -3.02. The molecule has 2 heterocycles. The van der Waals surface area contributed by atoms with E-state index in [0.29, 0.717) is 16.3 Å². The minimum atomic E-state index is -1.99. The molecule has 0 bridgehead atoms. The highest BCUT2D eigenvalue weighted by molar-refractivity contribution is 6.31. The van der Waals surface area contributed by atoms with Gasteiger partial charge in [-0.25, -0.2) is 0 Å². The van der Waals surface area contributed by atoms with Crippen LogP contribution < -0.4 is 4.90 Å². The Labute approximate surface area is 173 Å². The third-order valence-electron chi connectivity index (χ3n) is 5.12. The summed E-state index contributed by atoms with van der Waals surface area (Å²) in [4.78, 5) is 31.6. The van der Waals surface area contributed by atoms with E-state index in [1.54, 1.807) is 36.4 Å². The number of Topliss-reactive ketones (excluding diaryl/α,β-unsaturated/α-hetero) is 1. The number of aromatic nitrogens is 1. The average molecular weight is 407 g/mol. The predicted octanol–water partition coefficient (Wildman–Crippen LogP) is 4.05. The van der Waals surface area contributed by atoms with E-state index in [0.717, 1.165) is 11.1 Å². The molecule has 1 aromatic heterocycles. The number of aliphatic hydroxyl groups is 1. The number of anilines is 1. The maximum absolute atomic E-state index is 13.3. The summed E-state index contributed by atoms with van der Waals surface area (Å²) >= 11 is 6.14. The lowest BCUT2D eigenvalue weighted by Crippen LogP contribution is -2.41. The van der Waals surface area contributed by atoms with Crippen molar-refractivity contribution in [1.29, 1.82) is 0 Å². The highest BCUT2D eigenvalue weighted by Crippen LogP contribution is 2.44. The van der Waals surface area contributed by atoms with Gasteiger partial charge in [0.25, 0.3) is 5.91 Å². The first-order valence-electron chi connectivity index (χ1n) is 9.22. The quantitative estimate of drug-likeness (QED) is 0.649. The molecule has 0 spiro atoms. The van der Waals surface area contributed by atoms with Crippen molar-refractivity contribution in [2.75, 3.05) is 4.90 Å². The van der Waals surface area contributed by atoms with Crippen LogP contribution in [0.2, 0.25) is 5.02 Å². The molecule has 0 fully saturated rings. The molecule has 0 aliphatic carbocycles. The largest absolute Gasteiger partial charge is 0.375 e. The summed E-state index contributed by atoms with van der Waals surface area (Å²) in [6.07, 6.45) is 1.10. The zero-order valence-corrected chi connectivity index (χ0v) is 16.6. The van der Waals surface area contributed by atoms with Gasteiger partial charge >= 0.3 is 0 Å². The van der Waals surface area contributed by atoms with Crippen molar-refractivity contribution in [3.63, 3.8) is 0 Å². The summed E-state index contributed by atoms with van der Waals surface area (Å²) in [7, 11) is 0. The number of pyridine rings is 1. The Morgan fingerprint density at radius 3 is 2.59 bits per heavy atom. The molecule has 1 N–H and O–H groups in total. The minimum Gasteiger partial charge on any atom is -0.375 e. The minimum absolute atomic E-state index is 0.203. The van der Waals surface area contributed by atoms with E-state index in [2.05, 4.69) is 4.98 Å². The van der Waals surface area contributed by atoms with Gasteiger partial charge in [-0.15, -0.1) is 0 Å². The molecule has 4 rings (SSSR count). The number of carbonyl (C=O) groups excluding carboxylic acids is 2. The molecule has 1 aliphatic heterocycles. The molecule has 0 unspecified atom stereocenters. The van der Waals surface area contributed by atoms with Crippen molar-refractivity contribution < 1.29 is 14.7 Å². The van der Waals surface area contributed by atoms with Crippen LogP contribution in [0.25, 0.3) is 0 Å². The van der Waals surface area contributed by atoms with Crippen LogP contribution in [0.1, 0.15) is 33.6 Å². The van der Waals surface area contributed by atoms with E-state index >= 15 is 0 Å². The first-order chi connectivity index (χ1) is 13.9. The van der Waals surface area contributed by atoms with E-state index in [9.17, 15) is 14.7 Å². The van der Waals surface area contributed by atoms with Crippen LogP contribution in [0, 0.1) is 6.92 Å². The van der Waals surface area contributed by atoms with Crippen molar-refractivity contribution >= 4 is 29.0 Å². The van der Waals surface area contributed by atoms with Gasteiger partial charge in [-0.05, 0) is 42.8 Å². The van der Waals surface area contributed by atoms with Crippen LogP contribution in [0.4, 0.5) is 5.69 Å². The Balaban J connectivity index is 1.71. The Morgan fingerprint density at radius 1 is 1.14 bits per heavy atom. The molecule has 2 aromatic carbocycles. The summed E-state index contributed by atoms with van der Waals surface area (Å²) < 4.78 is 0. The molecule has 3 aromatic rings. The first-order valence-corrected chi connectivity index (χ1v) is 9.60. The molecular weight excluding hydrogens is 388 g/mol. The van der Waals surface area contributed by atoms with E-state index in [4.69, 9.17) is 11.6 Å². The number of ketones is 1. The van der Waals surface area contributed by atoms with Crippen LogP contribution >= 0.6 is 11.6 Å². The fraction of sp³-hybridized carbons (Fsp3) is 0.174. The van der Waals surface area contributed by atoms with Gasteiger partial charge in [0.05, 0.1) is 18.7 Å². The van der Waals surface area contributed by atoms with Crippen molar-refractivity contribution in [2.24, 2.45) is 0 Å². The fourth-order valence-electron chi connectivity index (χ4n) is 3.58. The van der Waals surface area contributed by atoms with Gasteiger partial charge in [0.15, 0.2) is 11.4 Å². The Kier molecular flexibility index (Phi) is 4.94. The average Bonchev–Trinajstić information content (AvgIpc) is 2.92. The van der Waals surface area contributed by atoms with Crippen LogP contribution in [0.15, 0.2) is 66.9 Å². The number of halogens is 1. The molecule has 146 valence electrons. The molecule has 1 atom stereocenters. The van der Waals surface area contributed by atoms with Gasteiger partial charge in [0.1, 0.15) is 5.69 Å². The van der Waals surface area contributed by atoms with Crippen molar-refractivity contribution in [1.82, 2.24) is 4.98 Å². The second-order valence-electron chi connectivity index (χ2n) is 7.21. The van der Waals surface area contributed by atoms with Gasteiger partial charge in [0, 0.05) is 16.8 Å². The lowest BCUT2D eigenvalue weighted by atomic mass is 9.89. The van der Waals surface area contributed by atoms with Crippen LogP contribution in [-0.4, -0.2) is 21.8 Å². The number of fused-ring (bicyclic) bond motifs is 1. The maximum atomic E-state index is 13.3. The van der Waals surface area contributed by atoms with Gasteiger partial charge in [-0.2, -0.15) is 0 Å². The first kappa shape index (κ1) is 19.3. The molecule has 0 radical (unpaired) electrons. The van der Waals surface area contributed by atoms with Crippen LogP contribution in [-0.2, 0) is 16.9 Å². The number of nitrogens with zero attached hydrogens (tertiary/aromatic N) is 2. The lowest BCUT2D eigenvalue weighted by Gasteiger charge is -2.22. The summed E-state index contributed by atoms with van der Waals surface area (Å²) in [6, 6.07) is 17.7. The van der Waals surface area contributed by atoms with E-state index in [1.807, 2.05) is 31.2 Å². The summed E-state index contributed by atoms with van der Waals surface area (Å²) in [5.41, 5.74) is 1.15. The number of carbonyl (C=O) groups is 2. The van der Waals surface area contributed by atoms with Gasteiger partial charge in [-0.1, -0.05) is 47.5 Å². The summed E-state index contributed by atoms with van der Waals surface area (Å²) in [5, 5.41) is 11.7. The van der Waals surface area contributed by atoms with E-state index < -0.39 is 23.7 Å². The SMILES string of the molecule is Cc1ccc(CN2C(=O)[C@@](O)(CC(=O)c3ccccn3)c3cc(Cl)ccc32)cc1. The monoisotopic (exact) mass is 406 g/mol. The number of rotatable bonds is 5. The number of hydrogen-bond donors (Lipinski definition) is 1. The third kappa shape index (κ3) is 3.55. The Bertz CT molecular complexity index is 1080. The normalized spacial score (nSPS) is 18.0. The topological polar surface area (TPSA) is 70.5 Å². The number of benzene rings is 2. The highest BCUT2D eigenvalue weighted by Gasteiger charge is 2.51. The molecule has 1 amide bonds. The third-order valence-corrected chi connectivity index (χ3v) is 5.36. The molecule has 1 aliphatic rings. The molecule has 0 saturated heterocycles. The van der Waals surface area contributed by atoms with Gasteiger partial charge in [0.2, 0.25) is 0 Å². The zero-order valence-electron chi connectivity index (χ0n) is 15.8. The zero-order chi connectivity index (χ0) is 20.6. The number of aryl methyl sites for hydroxylation is 1. The molecule has 29 heavy (non-hydrogen) atoms. The van der Waals surface area contributed by atoms with Gasteiger partial charge in [-0.3, -0.25) is 14.6 Å². The molecule has 0 saturated carbocycles. The van der Waals surface area contributed by atoms with Crippen molar-refractivity contribution in [3.8, 4) is 0 Å². The molecular formula is C23H19ClN2O3. The van der Waals surface area contributed by atoms with Crippen molar-refractivity contribution in [2.45, 2.75) is 25.5 Å². The Morgan fingerprint density at radius 2 is 1.90 bits per heavy atom. The summed E-state index contributed by atoms with van der Waals surface area (Å²) in [5.74, 6) is -0.954. The number of amides is 1. The second kappa shape index (κ2) is 7.43. The fourth-order valence-corrected chi connectivity index (χ4v) is 3.75. The van der Waals surface area contributed by atoms with E-state index in [-0.39, 0.29) is 12.2 Å². The van der Waals surface area contributed by atoms with E-state index in [1.165, 1.54) is 11.1 Å². The van der Waals surface area contributed by atoms with Gasteiger partial charge < -0.3 is 10.0 Å². The summed E-state index contributed by atoms with van der Waals surface area (Å²) in [6.45, 7) is 2.28. The standard InChI is InChI=1S/C23H19ClN2O3/c1-15-5-7-16(8-6-15)14-26-20-10-9-17(24)12-18(20)23(29,22(26)28)13-21(27)19-4-2-3-11-25-19/h2-12,29H,13-14H2,1H3/t23-/m1/s1.